The fourth-order valence-corrected chi connectivity index (χ4v) is 1.93. The Labute approximate surface area is 117 Å². The Morgan fingerprint density at radius 3 is 3.00 bits per heavy atom. The fraction of sp³-hybridized carbons (Fsp3) is 0.200. The molecule has 1 aromatic carbocycles. The molecule has 2 aromatic rings. The van der Waals surface area contributed by atoms with Crippen molar-refractivity contribution < 1.29 is 4.79 Å². The van der Waals surface area contributed by atoms with Crippen molar-refractivity contribution in [2.24, 2.45) is 0 Å². The lowest BCUT2D eigenvalue weighted by Crippen LogP contribution is -2.20. The Morgan fingerprint density at radius 2 is 2.21 bits per heavy atom. The summed E-state index contributed by atoms with van der Waals surface area (Å²) >= 11 is 5.84. The standard InChI is InChI=1S/C15H15ClN2O/c1-11(19)17-9-3-2-4-12-5-7-14-13(10-12)6-8-15(16)18-14/h2,4-8,10H,3,9H2,1H3,(H,17,19). The van der Waals surface area contributed by atoms with E-state index in [9.17, 15) is 4.79 Å². The zero-order valence-electron chi connectivity index (χ0n) is 10.7. The van der Waals surface area contributed by atoms with Crippen LogP contribution in [0.15, 0.2) is 36.4 Å². The second-order valence-corrected chi connectivity index (χ2v) is 4.65. The molecule has 1 amide bonds. The number of hydrogen-bond acceptors (Lipinski definition) is 2. The molecule has 1 heterocycles. The number of pyridine rings is 1. The molecule has 0 unspecified atom stereocenters. The molecule has 1 aromatic heterocycles. The highest BCUT2D eigenvalue weighted by atomic mass is 35.5. The van der Waals surface area contributed by atoms with Gasteiger partial charge in [0, 0.05) is 18.9 Å². The van der Waals surface area contributed by atoms with Crippen molar-refractivity contribution in [1.82, 2.24) is 10.3 Å². The van der Waals surface area contributed by atoms with E-state index in [-0.39, 0.29) is 5.91 Å². The van der Waals surface area contributed by atoms with Crippen LogP contribution in [-0.4, -0.2) is 17.4 Å². The molecule has 19 heavy (non-hydrogen) atoms. The third-order valence-corrected chi connectivity index (χ3v) is 2.89. The molecule has 0 aliphatic carbocycles. The van der Waals surface area contributed by atoms with Crippen molar-refractivity contribution in [2.75, 3.05) is 6.54 Å². The van der Waals surface area contributed by atoms with E-state index in [0.717, 1.165) is 22.9 Å². The SMILES string of the molecule is CC(=O)NCCC=Cc1ccc2nc(Cl)ccc2c1. The van der Waals surface area contributed by atoms with Crippen LogP contribution in [0.5, 0.6) is 0 Å². The van der Waals surface area contributed by atoms with Crippen LogP contribution in [0.3, 0.4) is 0 Å². The van der Waals surface area contributed by atoms with Crippen molar-refractivity contribution >= 4 is 34.5 Å². The summed E-state index contributed by atoms with van der Waals surface area (Å²) in [6.07, 6.45) is 4.90. The average Bonchev–Trinajstić information content (AvgIpc) is 2.38. The molecule has 0 bridgehead atoms. The van der Waals surface area contributed by atoms with Gasteiger partial charge in [-0.2, -0.15) is 0 Å². The van der Waals surface area contributed by atoms with Crippen LogP contribution >= 0.6 is 11.6 Å². The number of halogens is 1. The first-order valence-electron chi connectivity index (χ1n) is 6.12. The van der Waals surface area contributed by atoms with E-state index in [1.807, 2.05) is 30.4 Å². The quantitative estimate of drug-likeness (QED) is 0.686. The molecule has 1 N–H and O–H groups in total. The summed E-state index contributed by atoms with van der Waals surface area (Å²) in [5.41, 5.74) is 2.00. The van der Waals surface area contributed by atoms with Gasteiger partial charge in [-0.1, -0.05) is 29.8 Å². The maximum absolute atomic E-state index is 10.7. The zero-order valence-corrected chi connectivity index (χ0v) is 11.4. The minimum absolute atomic E-state index is 0.00191. The number of hydrogen-bond donors (Lipinski definition) is 1. The lowest BCUT2D eigenvalue weighted by Gasteiger charge is -2.00. The first-order chi connectivity index (χ1) is 9.15. The predicted molar refractivity (Wildman–Crippen MR) is 79.1 cm³/mol. The highest BCUT2D eigenvalue weighted by Gasteiger charge is 1.97. The van der Waals surface area contributed by atoms with E-state index < -0.39 is 0 Å². The summed E-state index contributed by atoms with van der Waals surface area (Å²) in [5, 5.41) is 4.32. The van der Waals surface area contributed by atoms with Crippen LogP contribution in [0.4, 0.5) is 0 Å². The van der Waals surface area contributed by atoms with Crippen molar-refractivity contribution in [1.29, 1.82) is 0 Å². The zero-order chi connectivity index (χ0) is 13.7. The molecule has 0 spiro atoms. The van der Waals surface area contributed by atoms with Gasteiger partial charge in [0.05, 0.1) is 5.52 Å². The number of fused-ring (bicyclic) bond motifs is 1. The lowest BCUT2D eigenvalue weighted by molar-refractivity contribution is -0.118. The number of nitrogens with one attached hydrogen (secondary N) is 1. The average molecular weight is 275 g/mol. The lowest BCUT2D eigenvalue weighted by atomic mass is 10.1. The number of carbonyl (C=O) groups is 1. The first kappa shape index (κ1) is 13.6. The van der Waals surface area contributed by atoms with Gasteiger partial charge in [0.1, 0.15) is 5.15 Å². The van der Waals surface area contributed by atoms with E-state index in [2.05, 4.69) is 16.4 Å². The van der Waals surface area contributed by atoms with Crippen LogP contribution in [0, 0.1) is 0 Å². The fourth-order valence-electron chi connectivity index (χ4n) is 1.77. The maximum atomic E-state index is 10.7. The van der Waals surface area contributed by atoms with E-state index in [0.29, 0.717) is 11.7 Å². The molecule has 0 saturated carbocycles. The van der Waals surface area contributed by atoms with E-state index in [1.165, 1.54) is 6.92 Å². The Balaban J connectivity index is 2.03. The summed E-state index contributed by atoms with van der Waals surface area (Å²) in [6.45, 7) is 2.18. The summed E-state index contributed by atoms with van der Waals surface area (Å²) < 4.78 is 0. The van der Waals surface area contributed by atoms with Crippen LogP contribution in [0.1, 0.15) is 18.9 Å². The largest absolute Gasteiger partial charge is 0.356 e. The number of aromatic nitrogens is 1. The van der Waals surface area contributed by atoms with Gasteiger partial charge in [-0.25, -0.2) is 4.98 Å². The van der Waals surface area contributed by atoms with Crippen molar-refractivity contribution in [2.45, 2.75) is 13.3 Å². The van der Waals surface area contributed by atoms with Gasteiger partial charge >= 0.3 is 0 Å². The minimum Gasteiger partial charge on any atom is -0.356 e. The van der Waals surface area contributed by atoms with Crippen molar-refractivity contribution in [3.8, 4) is 0 Å². The Bertz CT molecular complexity index is 623. The molecular formula is C15H15ClN2O. The molecule has 0 fully saturated rings. The Hall–Kier alpha value is -1.87. The monoisotopic (exact) mass is 274 g/mol. The molecule has 3 nitrogen and oxygen atoms in total. The summed E-state index contributed by atoms with van der Waals surface area (Å²) in [5.74, 6) is 0.00191. The number of benzene rings is 1. The first-order valence-corrected chi connectivity index (χ1v) is 6.50. The number of amides is 1. The third kappa shape index (κ3) is 4.07. The van der Waals surface area contributed by atoms with Crippen LogP contribution in [0.25, 0.3) is 17.0 Å². The molecule has 0 aliphatic rings. The molecule has 4 heteroatoms. The van der Waals surface area contributed by atoms with E-state index in [4.69, 9.17) is 11.6 Å². The summed E-state index contributed by atoms with van der Waals surface area (Å²) in [7, 11) is 0. The molecule has 0 atom stereocenters. The Kier molecular flexibility index (Phi) is 4.53. The van der Waals surface area contributed by atoms with Crippen LogP contribution in [-0.2, 0) is 4.79 Å². The second kappa shape index (κ2) is 6.34. The van der Waals surface area contributed by atoms with Gasteiger partial charge in [-0.05, 0) is 36.2 Å². The maximum Gasteiger partial charge on any atom is 0.216 e. The van der Waals surface area contributed by atoms with E-state index >= 15 is 0 Å². The molecular weight excluding hydrogens is 260 g/mol. The normalized spacial score (nSPS) is 11.1. The molecule has 0 radical (unpaired) electrons. The Morgan fingerprint density at radius 1 is 1.37 bits per heavy atom. The number of nitrogens with zero attached hydrogens (tertiary/aromatic N) is 1. The molecule has 98 valence electrons. The minimum atomic E-state index is 0.00191. The predicted octanol–water partition coefficient (Wildman–Crippen LogP) is 3.43. The smallest absolute Gasteiger partial charge is 0.216 e. The third-order valence-electron chi connectivity index (χ3n) is 2.67. The van der Waals surface area contributed by atoms with Gasteiger partial charge in [0.15, 0.2) is 0 Å². The molecule has 0 aliphatic heterocycles. The summed E-state index contributed by atoms with van der Waals surface area (Å²) in [4.78, 5) is 14.9. The van der Waals surface area contributed by atoms with Crippen molar-refractivity contribution in [3.05, 3.63) is 47.1 Å². The second-order valence-electron chi connectivity index (χ2n) is 4.26. The van der Waals surface area contributed by atoms with Gasteiger partial charge < -0.3 is 5.32 Å². The van der Waals surface area contributed by atoms with Gasteiger partial charge in [-0.3, -0.25) is 4.79 Å². The summed E-state index contributed by atoms with van der Waals surface area (Å²) in [6, 6.07) is 9.76. The van der Waals surface area contributed by atoms with Crippen LogP contribution < -0.4 is 5.32 Å². The van der Waals surface area contributed by atoms with Crippen LogP contribution in [0.2, 0.25) is 5.15 Å². The molecule has 2 rings (SSSR count). The number of carbonyl (C=O) groups excluding carboxylic acids is 1. The highest BCUT2D eigenvalue weighted by Crippen LogP contribution is 2.17. The topological polar surface area (TPSA) is 42.0 Å². The van der Waals surface area contributed by atoms with Crippen molar-refractivity contribution in [3.63, 3.8) is 0 Å². The van der Waals surface area contributed by atoms with E-state index in [1.54, 1.807) is 6.07 Å². The van der Waals surface area contributed by atoms with Gasteiger partial charge in [-0.15, -0.1) is 0 Å². The van der Waals surface area contributed by atoms with Gasteiger partial charge in [0.25, 0.3) is 0 Å². The number of rotatable bonds is 4. The highest BCUT2D eigenvalue weighted by molar-refractivity contribution is 6.29. The van der Waals surface area contributed by atoms with Gasteiger partial charge in [0.2, 0.25) is 5.91 Å². The molecule has 0 saturated heterocycles.